The molecule has 7 heteroatoms. The molecule has 2 heterocycles. The van der Waals surface area contributed by atoms with Gasteiger partial charge in [0.25, 0.3) is 11.5 Å². The fourth-order valence-electron chi connectivity index (χ4n) is 3.62. The standard InChI is InChI=1S/C19H20N4O2S/c1-22(11-12-7-8-15-16(9-12)21-26-20-15)18(24)14-10-13-5-3-4-6-17(13)23(2)19(14)25/h7-10H,3-6,11H2,1-2H3. The van der Waals surface area contributed by atoms with Crippen LogP contribution in [0.25, 0.3) is 11.0 Å². The number of aromatic nitrogens is 3. The summed E-state index contributed by atoms with van der Waals surface area (Å²) >= 11 is 1.18. The van der Waals surface area contributed by atoms with Gasteiger partial charge in [-0.05, 0) is 55.0 Å². The molecule has 0 fully saturated rings. The molecule has 0 aliphatic heterocycles. The maximum atomic E-state index is 12.9. The molecule has 1 aliphatic carbocycles. The van der Waals surface area contributed by atoms with Gasteiger partial charge in [0.05, 0.1) is 11.7 Å². The fourth-order valence-corrected chi connectivity index (χ4v) is 4.14. The van der Waals surface area contributed by atoms with Crippen LogP contribution in [0.4, 0.5) is 0 Å². The van der Waals surface area contributed by atoms with Crippen molar-refractivity contribution < 1.29 is 4.79 Å². The largest absolute Gasteiger partial charge is 0.337 e. The van der Waals surface area contributed by atoms with Crippen LogP contribution in [0, 0.1) is 0 Å². The van der Waals surface area contributed by atoms with Crippen LogP contribution < -0.4 is 5.56 Å². The van der Waals surface area contributed by atoms with E-state index >= 15 is 0 Å². The highest BCUT2D eigenvalue weighted by Gasteiger charge is 2.22. The molecule has 2 aromatic heterocycles. The Balaban J connectivity index is 1.62. The zero-order valence-electron chi connectivity index (χ0n) is 14.9. The molecule has 1 aliphatic rings. The zero-order valence-corrected chi connectivity index (χ0v) is 15.7. The van der Waals surface area contributed by atoms with E-state index < -0.39 is 0 Å². The van der Waals surface area contributed by atoms with E-state index in [-0.39, 0.29) is 17.0 Å². The van der Waals surface area contributed by atoms with Gasteiger partial charge in [-0.25, -0.2) is 0 Å². The summed E-state index contributed by atoms with van der Waals surface area (Å²) in [5.41, 5.74) is 4.91. The number of benzene rings is 1. The van der Waals surface area contributed by atoms with Gasteiger partial charge in [0, 0.05) is 26.3 Å². The molecule has 26 heavy (non-hydrogen) atoms. The number of pyridine rings is 1. The molecule has 0 bridgehead atoms. The van der Waals surface area contributed by atoms with Crippen molar-refractivity contribution in [1.29, 1.82) is 0 Å². The number of carbonyl (C=O) groups excluding carboxylic acids is 1. The Kier molecular flexibility index (Phi) is 4.32. The Morgan fingerprint density at radius 2 is 1.96 bits per heavy atom. The van der Waals surface area contributed by atoms with Gasteiger partial charge in [-0.1, -0.05) is 6.07 Å². The second kappa shape index (κ2) is 6.64. The van der Waals surface area contributed by atoms with Gasteiger partial charge >= 0.3 is 0 Å². The third-order valence-electron chi connectivity index (χ3n) is 5.05. The molecular formula is C19H20N4O2S. The SMILES string of the molecule is CN(Cc1ccc2nsnc2c1)C(=O)c1cc2c(n(C)c1=O)CCCC2. The lowest BCUT2D eigenvalue weighted by atomic mass is 9.94. The van der Waals surface area contributed by atoms with Crippen LogP contribution in [-0.2, 0) is 26.4 Å². The number of fused-ring (bicyclic) bond motifs is 2. The monoisotopic (exact) mass is 368 g/mol. The lowest BCUT2D eigenvalue weighted by Gasteiger charge is -2.22. The highest BCUT2D eigenvalue weighted by molar-refractivity contribution is 7.00. The highest BCUT2D eigenvalue weighted by atomic mass is 32.1. The number of rotatable bonds is 3. The first-order valence-electron chi connectivity index (χ1n) is 8.73. The number of amides is 1. The van der Waals surface area contributed by atoms with Crippen LogP contribution in [0.1, 0.15) is 40.0 Å². The molecule has 134 valence electrons. The van der Waals surface area contributed by atoms with E-state index in [0.717, 1.165) is 53.5 Å². The highest BCUT2D eigenvalue weighted by Crippen LogP contribution is 2.21. The van der Waals surface area contributed by atoms with Crippen LogP contribution in [0.15, 0.2) is 29.1 Å². The Bertz CT molecular complexity index is 1050. The maximum Gasteiger partial charge on any atom is 0.263 e. The first kappa shape index (κ1) is 16.9. The molecular weight excluding hydrogens is 348 g/mol. The van der Waals surface area contributed by atoms with E-state index in [1.54, 1.807) is 23.6 Å². The van der Waals surface area contributed by atoms with E-state index in [0.29, 0.717) is 6.54 Å². The van der Waals surface area contributed by atoms with E-state index in [1.807, 2.05) is 24.3 Å². The van der Waals surface area contributed by atoms with E-state index in [4.69, 9.17) is 0 Å². The molecule has 3 aromatic rings. The number of carbonyl (C=O) groups is 1. The lowest BCUT2D eigenvalue weighted by Crippen LogP contribution is -2.35. The van der Waals surface area contributed by atoms with Gasteiger partial charge < -0.3 is 9.47 Å². The molecule has 1 aromatic carbocycles. The number of aryl methyl sites for hydroxylation is 1. The van der Waals surface area contributed by atoms with Crippen molar-refractivity contribution in [2.75, 3.05) is 7.05 Å². The van der Waals surface area contributed by atoms with Crippen molar-refractivity contribution in [1.82, 2.24) is 18.2 Å². The smallest absolute Gasteiger partial charge is 0.263 e. The van der Waals surface area contributed by atoms with Crippen molar-refractivity contribution in [3.8, 4) is 0 Å². The molecule has 0 unspecified atom stereocenters. The normalized spacial score (nSPS) is 13.6. The van der Waals surface area contributed by atoms with Gasteiger partial charge in [0.1, 0.15) is 16.6 Å². The molecule has 0 saturated heterocycles. The van der Waals surface area contributed by atoms with Crippen LogP contribution >= 0.6 is 11.7 Å². The van der Waals surface area contributed by atoms with Gasteiger partial charge in [0.2, 0.25) is 0 Å². The predicted molar refractivity (Wildman–Crippen MR) is 102 cm³/mol. The van der Waals surface area contributed by atoms with Crippen molar-refractivity contribution in [2.45, 2.75) is 32.2 Å². The third kappa shape index (κ3) is 2.92. The van der Waals surface area contributed by atoms with Gasteiger partial charge in [-0.3, -0.25) is 9.59 Å². The van der Waals surface area contributed by atoms with E-state index in [9.17, 15) is 9.59 Å². The van der Waals surface area contributed by atoms with E-state index in [1.165, 1.54) is 11.7 Å². The fraction of sp³-hybridized carbons (Fsp3) is 0.368. The Morgan fingerprint density at radius 1 is 1.19 bits per heavy atom. The minimum absolute atomic E-state index is 0.207. The van der Waals surface area contributed by atoms with Crippen LogP contribution in [-0.4, -0.2) is 31.2 Å². The summed E-state index contributed by atoms with van der Waals surface area (Å²) in [5, 5.41) is 0. The quantitative estimate of drug-likeness (QED) is 0.712. The Labute approximate surface area is 155 Å². The van der Waals surface area contributed by atoms with Crippen molar-refractivity contribution in [3.05, 3.63) is 57.0 Å². The zero-order chi connectivity index (χ0) is 18.3. The summed E-state index contributed by atoms with van der Waals surface area (Å²) in [7, 11) is 3.50. The minimum atomic E-state index is -0.240. The molecule has 4 rings (SSSR count). The third-order valence-corrected chi connectivity index (χ3v) is 5.61. The molecule has 0 atom stereocenters. The van der Waals surface area contributed by atoms with Crippen molar-refractivity contribution >= 4 is 28.7 Å². The summed E-state index contributed by atoms with van der Waals surface area (Å²) in [6.07, 6.45) is 4.05. The van der Waals surface area contributed by atoms with Crippen LogP contribution in [0.5, 0.6) is 0 Å². The molecule has 0 N–H and O–H groups in total. The predicted octanol–water partition coefficient (Wildman–Crippen LogP) is 2.54. The van der Waals surface area contributed by atoms with Crippen molar-refractivity contribution in [3.63, 3.8) is 0 Å². The number of hydrogen-bond donors (Lipinski definition) is 0. The summed E-state index contributed by atoms with van der Waals surface area (Å²) < 4.78 is 10.1. The van der Waals surface area contributed by atoms with Crippen LogP contribution in [0.3, 0.4) is 0 Å². The van der Waals surface area contributed by atoms with Gasteiger partial charge in [-0.15, -0.1) is 0 Å². The molecule has 0 saturated carbocycles. The second-order valence-corrected chi connectivity index (χ2v) is 7.38. The molecule has 0 radical (unpaired) electrons. The van der Waals surface area contributed by atoms with Gasteiger partial charge in [-0.2, -0.15) is 8.75 Å². The molecule has 1 amide bonds. The van der Waals surface area contributed by atoms with Crippen LogP contribution in [0.2, 0.25) is 0 Å². The molecule has 6 nitrogen and oxygen atoms in total. The average Bonchev–Trinajstić information content (AvgIpc) is 3.12. The summed E-state index contributed by atoms with van der Waals surface area (Å²) in [6.45, 7) is 0.423. The maximum absolute atomic E-state index is 12.9. The summed E-state index contributed by atoms with van der Waals surface area (Å²) in [5.74, 6) is -0.240. The van der Waals surface area contributed by atoms with Crippen molar-refractivity contribution in [2.24, 2.45) is 7.05 Å². The topological polar surface area (TPSA) is 68.1 Å². The Hall–Kier alpha value is -2.54. The molecule has 0 spiro atoms. The average molecular weight is 368 g/mol. The second-order valence-electron chi connectivity index (χ2n) is 6.85. The minimum Gasteiger partial charge on any atom is -0.337 e. The Morgan fingerprint density at radius 3 is 2.81 bits per heavy atom. The first-order valence-corrected chi connectivity index (χ1v) is 9.46. The van der Waals surface area contributed by atoms with E-state index in [2.05, 4.69) is 8.75 Å². The number of nitrogens with zero attached hydrogens (tertiary/aromatic N) is 4. The lowest BCUT2D eigenvalue weighted by molar-refractivity contribution is 0.0782. The number of hydrogen-bond acceptors (Lipinski definition) is 5. The summed E-state index contributed by atoms with van der Waals surface area (Å²) in [4.78, 5) is 27.2. The summed E-state index contributed by atoms with van der Waals surface area (Å²) in [6, 6.07) is 7.60. The first-order chi connectivity index (χ1) is 12.5. The van der Waals surface area contributed by atoms with Gasteiger partial charge in [0.15, 0.2) is 0 Å².